The number of hydrogen-bond donors (Lipinski definition) is 2. The highest BCUT2D eigenvalue weighted by Crippen LogP contribution is 2.38. The van der Waals surface area contributed by atoms with Gasteiger partial charge in [-0.2, -0.15) is 18.4 Å². The van der Waals surface area contributed by atoms with Crippen LogP contribution < -0.4 is 10.2 Å². The fraction of sp³-hybridized carbons (Fsp3) is 0.467. The van der Waals surface area contributed by atoms with Crippen LogP contribution in [0.2, 0.25) is 0 Å². The number of rotatable bonds is 9. The van der Waals surface area contributed by atoms with Crippen LogP contribution in [0.25, 0.3) is 11.3 Å². The Balaban J connectivity index is 1.34. The highest BCUT2D eigenvalue weighted by molar-refractivity contribution is 7.16. The molecule has 3 aromatic rings. The quantitative estimate of drug-likeness (QED) is 0.337. The van der Waals surface area contributed by atoms with E-state index in [4.69, 9.17) is 5.11 Å². The first kappa shape index (κ1) is 32.3. The maximum atomic E-state index is 13.7. The summed E-state index contributed by atoms with van der Waals surface area (Å²) in [5.74, 6) is -0.809. The minimum absolute atomic E-state index is 0.0455. The topological polar surface area (TPSA) is 139 Å². The predicted octanol–water partition coefficient (Wildman–Crippen LogP) is 4.71. The Labute approximate surface area is 262 Å². The summed E-state index contributed by atoms with van der Waals surface area (Å²) in [7, 11) is 0. The fourth-order valence-corrected chi connectivity index (χ4v) is 6.68. The van der Waals surface area contributed by atoms with Crippen molar-refractivity contribution in [3.8, 4) is 17.3 Å². The van der Waals surface area contributed by atoms with E-state index in [2.05, 4.69) is 37.0 Å². The second-order valence-electron chi connectivity index (χ2n) is 11.3. The van der Waals surface area contributed by atoms with Crippen molar-refractivity contribution >= 4 is 34.2 Å². The Morgan fingerprint density at radius 3 is 2.53 bits per heavy atom. The van der Waals surface area contributed by atoms with Gasteiger partial charge >= 0.3 is 12.1 Å². The van der Waals surface area contributed by atoms with Crippen molar-refractivity contribution in [2.75, 3.05) is 42.9 Å². The molecule has 1 amide bonds. The van der Waals surface area contributed by atoms with E-state index in [9.17, 15) is 28.0 Å². The minimum atomic E-state index is -4.64. The number of carbonyl (C=O) groups excluding carboxylic acids is 1. The number of likely N-dealkylation sites (tertiary alicyclic amines) is 1. The molecule has 2 aliphatic heterocycles. The maximum absolute atomic E-state index is 13.7. The highest BCUT2D eigenvalue weighted by atomic mass is 32.1. The molecule has 0 bridgehead atoms. The van der Waals surface area contributed by atoms with Crippen molar-refractivity contribution in [3.63, 3.8) is 0 Å². The number of amides is 1. The van der Waals surface area contributed by atoms with E-state index in [1.54, 1.807) is 6.07 Å². The molecule has 238 valence electrons. The number of piperazine rings is 1. The van der Waals surface area contributed by atoms with Gasteiger partial charge in [0.2, 0.25) is 0 Å². The summed E-state index contributed by atoms with van der Waals surface area (Å²) in [6.07, 6.45) is 0.319. The molecule has 0 saturated carbocycles. The summed E-state index contributed by atoms with van der Waals surface area (Å²) in [5, 5.41) is 21.3. The Kier molecular flexibility index (Phi) is 9.66. The summed E-state index contributed by atoms with van der Waals surface area (Å²) in [5.41, 5.74) is -0.590. The second-order valence-corrected chi connectivity index (χ2v) is 12.4. The van der Waals surface area contributed by atoms with Crippen LogP contribution in [0.3, 0.4) is 0 Å². The molecule has 5 rings (SSSR count). The number of aromatic nitrogens is 3. The summed E-state index contributed by atoms with van der Waals surface area (Å²) in [6.45, 7) is 7.80. The molecule has 15 heteroatoms. The van der Waals surface area contributed by atoms with Crippen LogP contribution in [0, 0.1) is 11.3 Å². The van der Waals surface area contributed by atoms with Gasteiger partial charge in [0.25, 0.3) is 5.91 Å². The molecule has 0 spiro atoms. The molecule has 2 aromatic heterocycles. The molecule has 2 fully saturated rings. The normalized spacial score (nSPS) is 19.4. The fourth-order valence-electron chi connectivity index (χ4n) is 5.68. The number of thiazole rings is 1. The number of alkyl halides is 3. The van der Waals surface area contributed by atoms with Crippen LogP contribution in [0.4, 0.5) is 24.1 Å². The summed E-state index contributed by atoms with van der Waals surface area (Å²) < 4.78 is 41.0. The number of anilines is 2. The summed E-state index contributed by atoms with van der Waals surface area (Å²) in [6, 6.07) is 5.38. The van der Waals surface area contributed by atoms with Crippen LogP contribution in [0.15, 0.2) is 30.6 Å². The second kappa shape index (κ2) is 13.5. The Morgan fingerprint density at radius 2 is 1.91 bits per heavy atom. The lowest BCUT2D eigenvalue weighted by Gasteiger charge is -2.40. The Morgan fingerprint density at radius 1 is 1.11 bits per heavy atom. The SMILES string of the molecule is C[C@@H]1CCCN1Cc1sc(NC(=O)c2cnc(N3CCN(CCC(=O)O)[C@@H](C)C3)cn2)nc1-c1cc(C#N)cc(C(F)(F)F)c1. The summed E-state index contributed by atoms with van der Waals surface area (Å²) in [4.78, 5) is 44.4. The van der Waals surface area contributed by atoms with Gasteiger partial charge in [0, 0.05) is 55.2 Å². The Hall–Kier alpha value is -4.13. The number of carbonyl (C=O) groups is 2. The van der Waals surface area contributed by atoms with Crippen molar-refractivity contribution in [1.82, 2.24) is 24.8 Å². The molecule has 2 aliphatic rings. The van der Waals surface area contributed by atoms with Crippen LogP contribution in [0.5, 0.6) is 0 Å². The number of nitrogens with one attached hydrogen (secondary N) is 1. The molecule has 2 N–H and O–H groups in total. The number of benzene rings is 1. The van der Waals surface area contributed by atoms with E-state index in [-0.39, 0.29) is 40.1 Å². The van der Waals surface area contributed by atoms with Gasteiger partial charge in [0.1, 0.15) is 11.5 Å². The standard InChI is InChI=1S/C30H33F3N8O3S/c1-18-4-3-6-40(18)17-24-27(21-10-20(13-34)11-22(12-21)30(31,32)33)37-29(45-24)38-28(44)23-14-36-25(15-35-23)41-9-8-39(19(2)16-41)7-5-26(42)43/h10-12,14-15,18-19H,3-9,16-17H2,1-2H3,(H,42,43)(H,37,38,44)/t18-,19+/m1/s1. The van der Waals surface area contributed by atoms with E-state index >= 15 is 0 Å². The zero-order chi connectivity index (χ0) is 32.3. The molecule has 2 atom stereocenters. The minimum Gasteiger partial charge on any atom is -0.481 e. The van der Waals surface area contributed by atoms with Gasteiger partial charge < -0.3 is 10.0 Å². The molecule has 0 radical (unpaired) electrons. The van der Waals surface area contributed by atoms with E-state index in [0.717, 1.165) is 31.5 Å². The summed E-state index contributed by atoms with van der Waals surface area (Å²) >= 11 is 1.18. The van der Waals surface area contributed by atoms with E-state index < -0.39 is 23.6 Å². The largest absolute Gasteiger partial charge is 0.481 e. The van der Waals surface area contributed by atoms with Gasteiger partial charge in [-0.05, 0) is 51.4 Å². The van der Waals surface area contributed by atoms with E-state index in [0.29, 0.717) is 49.5 Å². The molecule has 0 aliphatic carbocycles. The van der Waals surface area contributed by atoms with Gasteiger partial charge in [0.15, 0.2) is 5.13 Å². The van der Waals surface area contributed by atoms with Crippen molar-refractivity contribution in [2.45, 2.75) is 57.9 Å². The smallest absolute Gasteiger partial charge is 0.416 e. The lowest BCUT2D eigenvalue weighted by atomic mass is 10.0. The van der Waals surface area contributed by atoms with Gasteiger partial charge in [-0.1, -0.05) is 11.3 Å². The maximum Gasteiger partial charge on any atom is 0.416 e. The monoisotopic (exact) mass is 642 g/mol. The molecule has 4 heterocycles. The number of nitriles is 1. The van der Waals surface area contributed by atoms with Crippen molar-refractivity contribution in [2.24, 2.45) is 0 Å². The third-order valence-electron chi connectivity index (χ3n) is 8.19. The molecular weight excluding hydrogens is 609 g/mol. The lowest BCUT2D eigenvalue weighted by molar-refractivity contribution is -0.138. The van der Waals surface area contributed by atoms with Crippen molar-refractivity contribution in [1.29, 1.82) is 5.26 Å². The van der Waals surface area contributed by atoms with E-state index in [1.165, 1.54) is 29.8 Å². The number of aliphatic carboxylic acids is 1. The Bertz CT molecular complexity index is 1590. The van der Waals surface area contributed by atoms with Crippen LogP contribution in [-0.4, -0.2) is 86.5 Å². The number of nitrogens with zero attached hydrogens (tertiary/aromatic N) is 7. The zero-order valence-corrected chi connectivity index (χ0v) is 25.7. The zero-order valence-electron chi connectivity index (χ0n) is 24.8. The number of carboxylic acid groups (broad SMARTS) is 1. The molecule has 45 heavy (non-hydrogen) atoms. The first-order chi connectivity index (χ1) is 21.4. The number of halogens is 3. The molecule has 2 saturated heterocycles. The average Bonchev–Trinajstić information content (AvgIpc) is 3.60. The van der Waals surface area contributed by atoms with E-state index in [1.807, 2.05) is 11.8 Å². The lowest BCUT2D eigenvalue weighted by Crippen LogP contribution is -2.52. The van der Waals surface area contributed by atoms with Crippen LogP contribution in [-0.2, 0) is 17.5 Å². The van der Waals surface area contributed by atoms with Crippen LogP contribution >= 0.6 is 11.3 Å². The molecule has 11 nitrogen and oxygen atoms in total. The van der Waals surface area contributed by atoms with Crippen LogP contribution in [0.1, 0.15) is 59.6 Å². The average molecular weight is 643 g/mol. The molecule has 0 unspecified atom stereocenters. The third kappa shape index (κ3) is 7.75. The predicted molar refractivity (Wildman–Crippen MR) is 162 cm³/mol. The molecular formula is C30H33F3N8O3S. The van der Waals surface area contributed by atoms with Gasteiger partial charge in [0.05, 0.1) is 41.7 Å². The van der Waals surface area contributed by atoms with Gasteiger partial charge in [-0.15, -0.1) is 0 Å². The number of hydrogen-bond acceptors (Lipinski definition) is 10. The highest BCUT2D eigenvalue weighted by Gasteiger charge is 2.32. The first-order valence-corrected chi connectivity index (χ1v) is 15.4. The molecule has 1 aromatic carbocycles. The van der Waals surface area contributed by atoms with Gasteiger partial charge in [-0.25, -0.2) is 15.0 Å². The van der Waals surface area contributed by atoms with Gasteiger partial charge in [-0.3, -0.25) is 24.7 Å². The number of carboxylic acids is 1. The third-order valence-corrected chi connectivity index (χ3v) is 9.15. The van der Waals surface area contributed by atoms with Crippen molar-refractivity contribution < 1.29 is 27.9 Å². The van der Waals surface area contributed by atoms with Crippen molar-refractivity contribution in [3.05, 3.63) is 52.3 Å². The first-order valence-electron chi connectivity index (χ1n) is 14.6.